The van der Waals surface area contributed by atoms with Crippen LogP contribution in [0.2, 0.25) is 0 Å². The lowest BCUT2D eigenvalue weighted by Crippen LogP contribution is -2.32. The molecule has 0 radical (unpaired) electrons. The largest absolute Gasteiger partial charge is 0.335 e. The van der Waals surface area contributed by atoms with E-state index in [1.807, 2.05) is 50.8 Å². The van der Waals surface area contributed by atoms with Gasteiger partial charge < -0.3 is 4.90 Å². The number of aryl methyl sites for hydroxylation is 3. The van der Waals surface area contributed by atoms with Crippen LogP contribution >= 0.6 is 15.9 Å². The van der Waals surface area contributed by atoms with Crippen molar-refractivity contribution in [3.8, 4) is 5.95 Å². The number of halogens is 1. The summed E-state index contributed by atoms with van der Waals surface area (Å²) in [6, 6.07) is 10.3. The Hall–Kier alpha value is -2.54. The first-order valence-electron chi connectivity index (χ1n) is 10.3. The summed E-state index contributed by atoms with van der Waals surface area (Å²) in [5, 5.41) is 4.65. The van der Waals surface area contributed by atoms with Gasteiger partial charge in [-0.15, -0.1) is 0 Å². The second-order valence-electron chi connectivity index (χ2n) is 7.99. The zero-order valence-electron chi connectivity index (χ0n) is 17.8. The molecule has 0 spiro atoms. The maximum Gasteiger partial charge on any atom is 0.251 e. The number of rotatable bonds is 4. The van der Waals surface area contributed by atoms with Crippen molar-refractivity contribution in [1.29, 1.82) is 0 Å². The van der Waals surface area contributed by atoms with Gasteiger partial charge in [0.05, 0.1) is 18.2 Å². The molecule has 2 aromatic heterocycles. The summed E-state index contributed by atoms with van der Waals surface area (Å²) in [5.41, 5.74) is 5.71. The molecular weight excluding hydrogens is 442 g/mol. The lowest BCUT2D eigenvalue weighted by molar-refractivity contribution is -0.131. The van der Waals surface area contributed by atoms with Crippen LogP contribution in [0.3, 0.4) is 0 Å². The minimum Gasteiger partial charge on any atom is -0.335 e. The fourth-order valence-electron chi connectivity index (χ4n) is 4.31. The van der Waals surface area contributed by atoms with E-state index in [1.165, 1.54) is 5.56 Å². The van der Waals surface area contributed by atoms with E-state index < -0.39 is 0 Å². The molecule has 0 saturated carbocycles. The number of carbonyl (C=O) groups is 1. The summed E-state index contributed by atoms with van der Waals surface area (Å²) < 4.78 is 2.80. The fraction of sp³-hybridized carbons (Fsp3) is 0.391. The third-order valence-corrected chi connectivity index (χ3v) is 6.23. The second-order valence-corrected chi connectivity index (χ2v) is 8.90. The second kappa shape index (κ2) is 8.30. The van der Waals surface area contributed by atoms with Gasteiger partial charge in [-0.25, -0.2) is 14.6 Å². The molecule has 1 fully saturated rings. The minimum absolute atomic E-state index is 0.133. The van der Waals surface area contributed by atoms with Crippen LogP contribution in [0.15, 0.2) is 34.8 Å². The Balaban J connectivity index is 1.60. The Morgan fingerprint density at radius 2 is 1.87 bits per heavy atom. The van der Waals surface area contributed by atoms with Gasteiger partial charge in [-0.05, 0) is 64.3 Å². The first-order valence-corrected chi connectivity index (χ1v) is 11.1. The highest BCUT2D eigenvalue weighted by Crippen LogP contribution is 2.34. The molecule has 156 valence electrons. The van der Waals surface area contributed by atoms with Gasteiger partial charge in [0, 0.05) is 33.7 Å². The maximum atomic E-state index is 13.3. The van der Waals surface area contributed by atoms with Gasteiger partial charge in [0.2, 0.25) is 5.91 Å². The highest BCUT2D eigenvalue weighted by atomic mass is 79.9. The summed E-state index contributed by atoms with van der Waals surface area (Å²) in [4.78, 5) is 24.4. The summed E-state index contributed by atoms with van der Waals surface area (Å²) >= 11 is 3.55. The van der Waals surface area contributed by atoms with Crippen LogP contribution in [0.1, 0.15) is 52.8 Å². The van der Waals surface area contributed by atoms with Crippen LogP contribution in [0.5, 0.6) is 0 Å². The summed E-state index contributed by atoms with van der Waals surface area (Å²) in [6.07, 6.45) is 2.36. The van der Waals surface area contributed by atoms with Gasteiger partial charge in [-0.1, -0.05) is 28.1 Å². The van der Waals surface area contributed by atoms with Crippen molar-refractivity contribution in [2.24, 2.45) is 0 Å². The van der Waals surface area contributed by atoms with Gasteiger partial charge in [0.25, 0.3) is 5.95 Å². The van der Waals surface area contributed by atoms with Gasteiger partial charge in [0.1, 0.15) is 0 Å². The van der Waals surface area contributed by atoms with E-state index >= 15 is 0 Å². The molecule has 6 nitrogen and oxygen atoms in total. The molecule has 1 aliphatic heterocycles. The van der Waals surface area contributed by atoms with E-state index in [0.717, 1.165) is 52.2 Å². The standard InChI is InChI=1S/C23H26BrN5O/c1-14-11-15(2)26-23(25-14)29-17(4)20(16(3)27-29)13-22(30)28-10-6-9-21(28)18-7-5-8-19(24)12-18/h5,7-8,11-12,21H,6,9-10,13H2,1-4H3. The molecule has 1 amide bonds. The molecule has 0 N–H and O–H groups in total. The van der Waals surface area contributed by atoms with Crippen LogP contribution in [0, 0.1) is 27.7 Å². The smallest absolute Gasteiger partial charge is 0.251 e. The summed E-state index contributed by atoms with van der Waals surface area (Å²) in [5.74, 6) is 0.699. The lowest BCUT2D eigenvalue weighted by Gasteiger charge is -2.25. The zero-order valence-corrected chi connectivity index (χ0v) is 19.4. The number of hydrogen-bond acceptors (Lipinski definition) is 4. The van der Waals surface area contributed by atoms with Crippen molar-refractivity contribution >= 4 is 21.8 Å². The molecule has 4 rings (SSSR count). The molecule has 0 bridgehead atoms. The molecule has 7 heteroatoms. The molecule has 1 aliphatic rings. The van der Waals surface area contributed by atoms with Crippen molar-refractivity contribution in [2.45, 2.75) is 53.0 Å². The Kier molecular flexibility index (Phi) is 5.73. The third-order valence-electron chi connectivity index (χ3n) is 5.74. The summed E-state index contributed by atoms with van der Waals surface area (Å²) in [7, 11) is 0. The van der Waals surface area contributed by atoms with Crippen LogP contribution in [-0.2, 0) is 11.2 Å². The topological polar surface area (TPSA) is 63.9 Å². The van der Waals surface area contributed by atoms with Crippen LogP contribution in [-0.4, -0.2) is 37.1 Å². The van der Waals surface area contributed by atoms with Crippen molar-refractivity contribution in [2.75, 3.05) is 6.54 Å². The van der Waals surface area contributed by atoms with Gasteiger partial charge in [-0.3, -0.25) is 4.79 Å². The Bertz CT molecular complexity index is 1090. The molecule has 3 aromatic rings. The fourth-order valence-corrected chi connectivity index (χ4v) is 4.72. The number of carbonyl (C=O) groups excluding carboxylic acids is 1. The number of amides is 1. The number of aromatic nitrogens is 4. The normalized spacial score (nSPS) is 16.3. The molecule has 0 aliphatic carbocycles. The first-order chi connectivity index (χ1) is 14.3. The van der Waals surface area contributed by atoms with Crippen LogP contribution in [0.4, 0.5) is 0 Å². The van der Waals surface area contributed by atoms with E-state index in [-0.39, 0.29) is 11.9 Å². The Morgan fingerprint density at radius 3 is 2.57 bits per heavy atom. The molecule has 30 heavy (non-hydrogen) atoms. The lowest BCUT2D eigenvalue weighted by atomic mass is 10.0. The van der Waals surface area contributed by atoms with E-state index in [1.54, 1.807) is 4.68 Å². The highest BCUT2D eigenvalue weighted by Gasteiger charge is 2.31. The van der Waals surface area contributed by atoms with Crippen molar-refractivity contribution in [3.63, 3.8) is 0 Å². The third kappa shape index (κ3) is 4.03. The molecule has 3 heterocycles. The van der Waals surface area contributed by atoms with E-state index in [4.69, 9.17) is 0 Å². The summed E-state index contributed by atoms with van der Waals surface area (Å²) in [6.45, 7) is 8.62. The predicted octanol–water partition coefficient (Wildman–Crippen LogP) is 4.56. The van der Waals surface area contributed by atoms with Gasteiger partial charge >= 0.3 is 0 Å². The van der Waals surface area contributed by atoms with Crippen LogP contribution < -0.4 is 0 Å². The number of benzene rings is 1. The number of nitrogens with zero attached hydrogens (tertiary/aromatic N) is 5. The average Bonchev–Trinajstić information content (AvgIpc) is 3.28. The number of hydrogen-bond donors (Lipinski definition) is 0. The highest BCUT2D eigenvalue weighted by molar-refractivity contribution is 9.10. The Morgan fingerprint density at radius 1 is 1.13 bits per heavy atom. The molecule has 1 atom stereocenters. The average molecular weight is 468 g/mol. The van der Waals surface area contributed by atoms with E-state index in [0.29, 0.717) is 12.4 Å². The monoisotopic (exact) mass is 467 g/mol. The molecule has 1 aromatic carbocycles. The van der Waals surface area contributed by atoms with Crippen molar-refractivity contribution < 1.29 is 4.79 Å². The SMILES string of the molecule is Cc1cc(C)nc(-n2nc(C)c(CC(=O)N3CCCC3c3cccc(Br)c3)c2C)n1. The van der Waals surface area contributed by atoms with E-state index in [9.17, 15) is 4.79 Å². The predicted molar refractivity (Wildman–Crippen MR) is 120 cm³/mol. The van der Waals surface area contributed by atoms with Crippen molar-refractivity contribution in [3.05, 3.63) is 68.7 Å². The molecule has 1 unspecified atom stereocenters. The number of likely N-dealkylation sites (tertiary alicyclic amines) is 1. The zero-order chi connectivity index (χ0) is 21.4. The Labute approximate surface area is 185 Å². The quantitative estimate of drug-likeness (QED) is 0.563. The first kappa shape index (κ1) is 20.7. The van der Waals surface area contributed by atoms with E-state index in [2.05, 4.69) is 43.1 Å². The molecular formula is C23H26BrN5O. The van der Waals surface area contributed by atoms with Gasteiger partial charge in [0.15, 0.2) is 0 Å². The van der Waals surface area contributed by atoms with Crippen molar-refractivity contribution in [1.82, 2.24) is 24.6 Å². The molecule has 1 saturated heterocycles. The van der Waals surface area contributed by atoms with Crippen LogP contribution in [0.25, 0.3) is 5.95 Å². The van der Waals surface area contributed by atoms with Gasteiger partial charge in [-0.2, -0.15) is 5.10 Å². The maximum absolute atomic E-state index is 13.3. The minimum atomic E-state index is 0.133.